The third-order valence-corrected chi connectivity index (χ3v) is 5.65. The van der Waals surface area contributed by atoms with Crippen LogP contribution in [-0.4, -0.2) is 54.7 Å². The Balaban J connectivity index is 1.55. The lowest BCUT2D eigenvalue weighted by Gasteiger charge is -2.23. The van der Waals surface area contributed by atoms with E-state index in [9.17, 15) is 14.4 Å². The van der Waals surface area contributed by atoms with Gasteiger partial charge in [-0.25, -0.2) is 0 Å². The molecule has 2 aromatic rings. The Bertz CT molecular complexity index is 861. The molecule has 1 atom stereocenters. The fraction of sp³-hybridized carbons (Fsp3) is 0.350. The van der Waals surface area contributed by atoms with Crippen LogP contribution in [-0.2, 0) is 4.79 Å². The topological polar surface area (TPSA) is 69.7 Å². The summed E-state index contributed by atoms with van der Waals surface area (Å²) in [6, 6.07) is 9.33. The van der Waals surface area contributed by atoms with Crippen LogP contribution < -0.4 is 5.32 Å². The zero-order valence-corrected chi connectivity index (χ0v) is 16.5. The highest BCUT2D eigenvalue weighted by atomic mass is 32.1. The summed E-state index contributed by atoms with van der Waals surface area (Å²) in [6.45, 7) is 2.44. The van der Waals surface area contributed by atoms with Crippen LogP contribution in [0.25, 0.3) is 0 Å². The molecule has 0 aliphatic carbocycles. The molecular weight excluding hydrogens is 362 g/mol. The molecule has 7 heteroatoms. The standard InChI is InChI=1S/C20H23N3O3S/c1-13-6-7-14-15(11-13)20(26)23(19(14)25)9-8-18(24)21-12-16(22(2)3)17-5-4-10-27-17/h4-7,10-11,16H,8-9,12H2,1-3H3,(H,21,24). The molecule has 3 rings (SSSR count). The van der Waals surface area contributed by atoms with Crippen molar-refractivity contribution in [1.29, 1.82) is 0 Å². The first-order chi connectivity index (χ1) is 12.9. The van der Waals surface area contributed by atoms with Crippen LogP contribution in [0.1, 0.15) is 43.6 Å². The van der Waals surface area contributed by atoms with Gasteiger partial charge in [0.15, 0.2) is 0 Å². The van der Waals surface area contributed by atoms with Crippen molar-refractivity contribution in [3.05, 3.63) is 57.3 Å². The average molecular weight is 385 g/mol. The number of hydrogen-bond acceptors (Lipinski definition) is 5. The Morgan fingerprint density at radius 3 is 2.59 bits per heavy atom. The number of thiophene rings is 1. The number of nitrogens with zero attached hydrogens (tertiary/aromatic N) is 2. The monoisotopic (exact) mass is 385 g/mol. The van der Waals surface area contributed by atoms with Crippen LogP contribution in [0.3, 0.4) is 0 Å². The summed E-state index contributed by atoms with van der Waals surface area (Å²) in [5.74, 6) is -0.824. The van der Waals surface area contributed by atoms with E-state index >= 15 is 0 Å². The minimum Gasteiger partial charge on any atom is -0.354 e. The maximum Gasteiger partial charge on any atom is 0.261 e. The molecule has 1 aliphatic rings. The third-order valence-electron chi connectivity index (χ3n) is 4.68. The number of benzene rings is 1. The smallest absolute Gasteiger partial charge is 0.261 e. The molecule has 0 saturated carbocycles. The first-order valence-electron chi connectivity index (χ1n) is 8.82. The zero-order valence-electron chi connectivity index (χ0n) is 15.7. The van der Waals surface area contributed by atoms with Crippen LogP contribution in [0.5, 0.6) is 0 Å². The second-order valence-corrected chi connectivity index (χ2v) is 7.84. The largest absolute Gasteiger partial charge is 0.354 e. The number of nitrogens with one attached hydrogen (secondary N) is 1. The maximum absolute atomic E-state index is 12.5. The van der Waals surface area contributed by atoms with Gasteiger partial charge in [0.05, 0.1) is 17.2 Å². The van der Waals surface area contributed by atoms with Crippen molar-refractivity contribution in [2.24, 2.45) is 0 Å². The summed E-state index contributed by atoms with van der Waals surface area (Å²) in [4.78, 5) is 41.5. The van der Waals surface area contributed by atoms with Gasteiger partial charge >= 0.3 is 0 Å². The number of aryl methyl sites for hydroxylation is 1. The van der Waals surface area contributed by atoms with Gasteiger partial charge in [0.25, 0.3) is 11.8 Å². The predicted molar refractivity (Wildman–Crippen MR) is 105 cm³/mol. The number of carbonyl (C=O) groups excluding carboxylic acids is 3. The van der Waals surface area contributed by atoms with Crippen LogP contribution >= 0.6 is 11.3 Å². The van der Waals surface area contributed by atoms with Crippen LogP contribution in [0.2, 0.25) is 0 Å². The normalized spacial score (nSPS) is 14.6. The molecule has 6 nitrogen and oxygen atoms in total. The predicted octanol–water partition coefficient (Wildman–Crippen LogP) is 2.46. The Morgan fingerprint density at radius 1 is 1.19 bits per heavy atom. The highest BCUT2D eigenvalue weighted by Gasteiger charge is 2.35. The van der Waals surface area contributed by atoms with Gasteiger partial charge in [0.2, 0.25) is 5.91 Å². The van der Waals surface area contributed by atoms with E-state index in [4.69, 9.17) is 0 Å². The Kier molecular flexibility index (Phi) is 5.72. The summed E-state index contributed by atoms with van der Waals surface area (Å²) in [5.41, 5.74) is 1.76. The molecule has 142 valence electrons. The number of hydrogen-bond donors (Lipinski definition) is 1. The number of likely N-dealkylation sites (N-methyl/N-ethyl adjacent to an activating group) is 1. The molecule has 0 spiro atoms. The lowest BCUT2D eigenvalue weighted by atomic mass is 10.1. The van der Waals surface area contributed by atoms with Gasteiger partial charge < -0.3 is 10.2 Å². The van der Waals surface area contributed by atoms with Crippen molar-refractivity contribution in [3.8, 4) is 0 Å². The number of fused-ring (bicyclic) bond motifs is 1. The molecule has 2 heterocycles. The molecule has 1 unspecified atom stereocenters. The molecule has 1 N–H and O–H groups in total. The molecule has 0 saturated heterocycles. The Morgan fingerprint density at radius 2 is 1.93 bits per heavy atom. The van der Waals surface area contributed by atoms with Crippen molar-refractivity contribution >= 4 is 29.1 Å². The molecule has 0 fully saturated rings. The van der Waals surface area contributed by atoms with Crippen LogP contribution in [0.4, 0.5) is 0 Å². The van der Waals surface area contributed by atoms with Gasteiger partial charge in [0.1, 0.15) is 0 Å². The molecule has 1 aromatic heterocycles. The van der Waals surface area contributed by atoms with E-state index < -0.39 is 0 Å². The summed E-state index contributed by atoms with van der Waals surface area (Å²) in [5, 5.41) is 4.92. The van der Waals surface area contributed by atoms with E-state index in [2.05, 4.69) is 10.2 Å². The van der Waals surface area contributed by atoms with E-state index in [1.54, 1.807) is 23.5 Å². The highest BCUT2D eigenvalue weighted by molar-refractivity contribution is 7.10. The summed E-state index contributed by atoms with van der Waals surface area (Å²) >= 11 is 1.65. The van der Waals surface area contributed by atoms with Gasteiger partial charge in [-0.1, -0.05) is 17.7 Å². The molecule has 0 radical (unpaired) electrons. The van der Waals surface area contributed by atoms with Gasteiger partial charge in [-0.2, -0.15) is 0 Å². The SMILES string of the molecule is Cc1ccc2c(c1)C(=O)N(CCC(=O)NCC(c1cccs1)N(C)C)C2=O. The first kappa shape index (κ1) is 19.3. The van der Waals surface area contributed by atoms with E-state index in [0.29, 0.717) is 17.7 Å². The second-order valence-electron chi connectivity index (χ2n) is 6.86. The van der Waals surface area contributed by atoms with Crippen LogP contribution in [0.15, 0.2) is 35.7 Å². The number of amides is 3. The van der Waals surface area contributed by atoms with Crippen molar-refractivity contribution in [2.45, 2.75) is 19.4 Å². The van der Waals surface area contributed by atoms with Crippen molar-refractivity contribution in [1.82, 2.24) is 15.1 Å². The number of rotatable bonds is 7. The van der Waals surface area contributed by atoms with Gasteiger partial charge in [-0.3, -0.25) is 19.3 Å². The fourth-order valence-electron chi connectivity index (χ4n) is 3.14. The van der Waals surface area contributed by atoms with Gasteiger partial charge in [-0.15, -0.1) is 11.3 Å². The second kappa shape index (κ2) is 8.02. The number of imide groups is 1. The highest BCUT2D eigenvalue weighted by Crippen LogP contribution is 2.24. The molecule has 1 aromatic carbocycles. The van der Waals surface area contributed by atoms with E-state index in [1.165, 1.54) is 4.88 Å². The third kappa shape index (κ3) is 4.09. The number of carbonyl (C=O) groups is 3. The van der Waals surface area contributed by atoms with Gasteiger partial charge in [0, 0.05) is 24.4 Å². The lowest BCUT2D eigenvalue weighted by Crippen LogP contribution is -2.37. The van der Waals surface area contributed by atoms with Gasteiger partial charge in [-0.05, 0) is 44.6 Å². The minimum atomic E-state index is -0.326. The maximum atomic E-state index is 12.5. The van der Waals surface area contributed by atoms with E-state index in [0.717, 1.165) is 10.5 Å². The zero-order chi connectivity index (χ0) is 19.6. The molecule has 27 heavy (non-hydrogen) atoms. The van der Waals surface area contributed by atoms with Crippen molar-refractivity contribution in [3.63, 3.8) is 0 Å². The quantitative estimate of drug-likeness (QED) is 0.744. The van der Waals surface area contributed by atoms with Crippen molar-refractivity contribution in [2.75, 3.05) is 27.2 Å². The van der Waals surface area contributed by atoms with E-state index in [1.807, 2.05) is 44.6 Å². The first-order valence-corrected chi connectivity index (χ1v) is 9.70. The molecule has 1 aliphatic heterocycles. The molecule has 3 amide bonds. The van der Waals surface area contributed by atoms with Crippen molar-refractivity contribution < 1.29 is 14.4 Å². The lowest BCUT2D eigenvalue weighted by molar-refractivity contribution is -0.121. The Hall–Kier alpha value is -2.51. The summed E-state index contributed by atoms with van der Waals surface area (Å²) in [6.07, 6.45) is 0.0923. The molecule has 0 bridgehead atoms. The summed E-state index contributed by atoms with van der Waals surface area (Å²) < 4.78 is 0. The summed E-state index contributed by atoms with van der Waals surface area (Å²) in [7, 11) is 3.94. The Labute approximate surface area is 162 Å². The molecular formula is C20H23N3O3S. The fourth-order valence-corrected chi connectivity index (χ4v) is 4.06. The average Bonchev–Trinajstić information content (AvgIpc) is 3.22. The van der Waals surface area contributed by atoms with E-state index in [-0.39, 0.29) is 36.7 Å². The minimum absolute atomic E-state index is 0.0862. The van der Waals surface area contributed by atoms with Crippen LogP contribution in [0, 0.1) is 6.92 Å².